The van der Waals surface area contributed by atoms with E-state index < -0.39 is 0 Å². The second-order valence-electron chi connectivity index (χ2n) is 7.73. The van der Waals surface area contributed by atoms with Crippen LogP contribution in [0.15, 0.2) is 65.8 Å². The highest BCUT2D eigenvalue weighted by Gasteiger charge is 2.11. The number of carbonyl (C=O) groups excluding carboxylic acids is 1. The Bertz CT molecular complexity index is 1440. The van der Waals surface area contributed by atoms with Crippen LogP contribution in [0.25, 0.3) is 10.9 Å². The van der Waals surface area contributed by atoms with Crippen LogP contribution in [-0.4, -0.2) is 42.6 Å². The van der Waals surface area contributed by atoms with E-state index in [2.05, 4.69) is 35.7 Å². The van der Waals surface area contributed by atoms with E-state index in [1.807, 2.05) is 49.4 Å². The Balaban J connectivity index is 1.32. The maximum absolute atomic E-state index is 12.3. The average molecular weight is 439 g/mol. The number of nitrogens with zero attached hydrogens (tertiary/aromatic N) is 3. The van der Waals surface area contributed by atoms with Crippen molar-refractivity contribution in [2.75, 3.05) is 5.32 Å². The number of aliphatic imine (C=N–C) groups is 1. The van der Waals surface area contributed by atoms with E-state index in [-0.39, 0.29) is 11.8 Å². The number of anilines is 1. The minimum Gasteiger partial charge on any atom is -0.494 e. The lowest BCUT2D eigenvalue weighted by atomic mass is 10.0. The molecule has 33 heavy (non-hydrogen) atoms. The van der Waals surface area contributed by atoms with Crippen molar-refractivity contribution in [1.29, 1.82) is 0 Å². The minimum atomic E-state index is -0.255. The van der Waals surface area contributed by atoms with Crippen LogP contribution >= 0.6 is 0 Å². The molecule has 5 rings (SSSR count). The Kier molecular flexibility index (Phi) is 5.19. The fraction of sp³-hybridized carbons (Fsp3) is 0.0833. The van der Waals surface area contributed by atoms with E-state index in [9.17, 15) is 9.90 Å². The Morgan fingerprint density at radius 1 is 1.09 bits per heavy atom. The first-order chi connectivity index (χ1) is 16.0. The summed E-state index contributed by atoms with van der Waals surface area (Å²) in [7, 11) is 0. The molecule has 2 aromatic carbocycles. The zero-order chi connectivity index (χ0) is 22.8. The van der Waals surface area contributed by atoms with Gasteiger partial charge in [0.25, 0.3) is 5.91 Å². The van der Waals surface area contributed by atoms with E-state index >= 15 is 0 Å². The Morgan fingerprint density at radius 2 is 1.91 bits per heavy atom. The molecule has 0 unspecified atom stereocenters. The average Bonchev–Trinajstić information content (AvgIpc) is 3.54. The topological polar surface area (TPSA) is 135 Å². The lowest BCUT2D eigenvalue weighted by molar-refractivity contribution is 0.102. The van der Waals surface area contributed by atoms with Crippen LogP contribution in [0.4, 0.5) is 11.5 Å². The molecule has 3 aromatic heterocycles. The molecule has 0 fully saturated rings. The normalized spacial score (nSPS) is 11.4. The molecule has 0 aliphatic carbocycles. The summed E-state index contributed by atoms with van der Waals surface area (Å²) in [5.74, 6) is 0.418. The first kappa shape index (κ1) is 20.3. The Morgan fingerprint density at radius 3 is 2.64 bits per heavy atom. The number of fused-ring (bicyclic) bond motifs is 1. The highest BCUT2D eigenvalue weighted by Crippen LogP contribution is 2.28. The van der Waals surface area contributed by atoms with E-state index in [4.69, 9.17) is 0 Å². The lowest BCUT2D eigenvalue weighted by Gasteiger charge is -2.06. The summed E-state index contributed by atoms with van der Waals surface area (Å²) >= 11 is 0. The maximum Gasteiger partial charge on any atom is 0.276 e. The molecule has 0 spiro atoms. The number of aromatic amines is 3. The summed E-state index contributed by atoms with van der Waals surface area (Å²) < 4.78 is 0. The van der Waals surface area contributed by atoms with E-state index in [0.717, 1.165) is 27.7 Å². The van der Waals surface area contributed by atoms with Crippen molar-refractivity contribution in [2.24, 2.45) is 4.99 Å². The molecule has 164 valence electrons. The van der Waals surface area contributed by atoms with Gasteiger partial charge in [0.1, 0.15) is 5.82 Å². The second kappa shape index (κ2) is 8.46. The van der Waals surface area contributed by atoms with E-state index in [1.54, 1.807) is 24.5 Å². The molecule has 0 radical (unpaired) electrons. The van der Waals surface area contributed by atoms with E-state index in [1.165, 1.54) is 0 Å². The molecule has 0 aliphatic rings. The van der Waals surface area contributed by atoms with Crippen LogP contribution in [-0.2, 0) is 6.42 Å². The van der Waals surface area contributed by atoms with Crippen molar-refractivity contribution in [3.8, 4) is 5.88 Å². The fourth-order valence-corrected chi connectivity index (χ4v) is 3.61. The fourth-order valence-electron chi connectivity index (χ4n) is 3.61. The first-order valence-corrected chi connectivity index (χ1v) is 10.3. The van der Waals surface area contributed by atoms with Crippen molar-refractivity contribution in [3.05, 3.63) is 88.9 Å². The predicted octanol–water partition coefficient (Wildman–Crippen LogP) is 4.22. The van der Waals surface area contributed by atoms with Gasteiger partial charge in [-0.3, -0.25) is 15.0 Å². The third-order valence-corrected chi connectivity index (χ3v) is 5.26. The van der Waals surface area contributed by atoms with Gasteiger partial charge in [-0.15, -0.1) is 0 Å². The third-order valence-electron chi connectivity index (χ3n) is 5.26. The van der Waals surface area contributed by atoms with Gasteiger partial charge in [-0.05, 0) is 54.8 Å². The molecular weight excluding hydrogens is 418 g/mol. The summed E-state index contributed by atoms with van der Waals surface area (Å²) in [5, 5.41) is 27.4. The number of H-pyrrole nitrogens is 3. The van der Waals surface area contributed by atoms with Gasteiger partial charge >= 0.3 is 0 Å². The van der Waals surface area contributed by atoms with Gasteiger partial charge in [0, 0.05) is 34.6 Å². The largest absolute Gasteiger partial charge is 0.494 e. The molecule has 0 bridgehead atoms. The Labute approximate surface area is 188 Å². The lowest BCUT2D eigenvalue weighted by Crippen LogP contribution is -2.12. The van der Waals surface area contributed by atoms with Crippen molar-refractivity contribution < 1.29 is 9.90 Å². The summed E-state index contributed by atoms with van der Waals surface area (Å²) in [6, 6.07) is 17.1. The molecule has 5 aromatic rings. The van der Waals surface area contributed by atoms with Gasteiger partial charge in [0.15, 0.2) is 11.6 Å². The van der Waals surface area contributed by atoms with Gasteiger partial charge in [0.05, 0.1) is 11.8 Å². The number of rotatable bonds is 6. The number of carbonyl (C=O) groups is 1. The third kappa shape index (κ3) is 4.38. The monoisotopic (exact) mass is 439 g/mol. The molecule has 0 aliphatic heterocycles. The number of hydrogen-bond donors (Lipinski definition) is 5. The summed E-state index contributed by atoms with van der Waals surface area (Å²) in [5.41, 5.74) is 5.51. The highest BCUT2D eigenvalue weighted by atomic mass is 16.3. The molecule has 9 nitrogen and oxygen atoms in total. The molecule has 3 heterocycles. The number of aromatic nitrogens is 5. The van der Waals surface area contributed by atoms with Gasteiger partial charge in [-0.1, -0.05) is 18.2 Å². The number of benzene rings is 2. The summed E-state index contributed by atoms with van der Waals surface area (Å²) in [6.45, 7) is 1.85. The minimum absolute atomic E-state index is 0.0672. The molecule has 5 N–H and O–H groups in total. The van der Waals surface area contributed by atoms with Crippen molar-refractivity contribution in [3.63, 3.8) is 0 Å². The summed E-state index contributed by atoms with van der Waals surface area (Å²) in [6.07, 6.45) is 3.93. The number of hydrogen-bond acceptors (Lipinski definition) is 5. The predicted molar refractivity (Wildman–Crippen MR) is 126 cm³/mol. The number of aryl methyl sites for hydroxylation is 1. The van der Waals surface area contributed by atoms with Crippen LogP contribution in [0.3, 0.4) is 0 Å². The quantitative estimate of drug-likeness (QED) is 0.253. The molecule has 1 amide bonds. The SMILES string of the molecule is Cc1cc(C(=O)Nc2ccc(Cc3ccc4[nH]c(O)c(C=Nc5ccn[nH]5)c4c3)cc2)n[nH]1. The number of amides is 1. The van der Waals surface area contributed by atoms with Crippen LogP contribution in [0.1, 0.15) is 32.9 Å². The summed E-state index contributed by atoms with van der Waals surface area (Å²) in [4.78, 5) is 19.6. The maximum atomic E-state index is 12.3. The second-order valence-corrected chi connectivity index (χ2v) is 7.73. The van der Waals surface area contributed by atoms with Crippen LogP contribution in [0, 0.1) is 6.92 Å². The van der Waals surface area contributed by atoms with Crippen molar-refractivity contribution in [2.45, 2.75) is 13.3 Å². The molecule has 0 saturated heterocycles. The van der Waals surface area contributed by atoms with Gasteiger partial charge in [-0.25, -0.2) is 4.99 Å². The Hall–Kier alpha value is -4.66. The highest BCUT2D eigenvalue weighted by molar-refractivity contribution is 6.03. The van der Waals surface area contributed by atoms with Crippen LogP contribution in [0.5, 0.6) is 5.88 Å². The van der Waals surface area contributed by atoms with Crippen LogP contribution in [0.2, 0.25) is 0 Å². The van der Waals surface area contributed by atoms with Crippen molar-refractivity contribution >= 4 is 34.5 Å². The molecule has 9 heteroatoms. The van der Waals surface area contributed by atoms with E-state index in [0.29, 0.717) is 29.2 Å². The smallest absolute Gasteiger partial charge is 0.276 e. The zero-order valence-electron chi connectivity index (χ0n) is 17.8. The molecule has 0 saturated carbocycles. The van der Waals surface area contributed by atoms with Gasteiger partial charge in [0.2, 0.25) is 0 Å². The number of nitrogens with one attached hydrogen (secondary N) is 4. The van der Waals surface area contributed by atoms with Gasteiger partial charge < -0.3 is 15.4 Å². The zero-order valence-corrected chi connectivity index (χ0v) is 17.8. The van der Waals surface area contributed by atoms with Crippen molar-refractivity contribution in [1.82, 2.24) is 25.4 Å². The van der Waals surface area contributed by atoms with Crippen LogP contribution < -0.4 is 5.32 Å². The first-order valence-electron chi connectivity index (χ1n) is 10.3. The molecule has 0 atom stereocenters. The molecular formula is C24H21N7O2. The standard InChI is InChI=1S/C24H21N7O2/c1-14-10-21(30-29-14)24(33)27-17-5-2-15(3-6-17)11-16-4-7-20-18(12-16)19(23(32)28-20)13-25-22-8-9-26-31-22/h2-10,12-13,28,32H,11H2,1H3,(H,26,31)(H,27,33)(H,29,30). The van der Waals surface area contributed by atoms with Gasteiger partial charge in [-0.2, -0.15) is 10.2 Å². The number of aromatic hydroxyl groups is 1.